The minimum absolute atomic E-state index is 0.196. The van der Waals surface area contributed by atoms with Crippen LogP contribution in [0.4, 0.5) is 0 Å². The summed E-state index contributed by atoms with van der Waals surface area (Å²) in [7, 11) is 0. The number of aliphatic hydroxyl groups excluding tert-OH is 1. The standard InChI is InChI=1S/C14H23NO3/c1-12(3-2-8-17-11-16)10-18-14-6-4-13(9-15)5-7-14/h4-7,12,16H,2-3,8-11,15H2,1H3. The largest absolute Gasteiger partial charge is 0.493 e. The van der Waals surface area contributed by atoms with Gasteiger partial charge in [0.1, 0.15) is 12.5 Å². The normalized spacial score (nSPS) is 12.4. The monoisotopic (exact) mass is 253 g/mol. The molecule has 1 aromatic rings. The molecule has 4 heteroatoms. The second kappa shape index (κ2) is 8.91. The summed E-state index contributed by atoms with van der Waals surface area (Å²) < 4.78 is 10.6. The summed E-state index contributed by atoms with van der Waals surface area (Å²) in [5, 5.41) is 8.47. The van der Waals surface area contributed by atoms with Crippen LogP contribution in [-0.4, -0.2) is 25.1 Å². The Bertz CT molecular complexity index is 313. The molecular formula is C14H23NO3. The van der Waals surface area contributed by atoms with E-state index in [0.717, 1.165) is 24.2 Å². The number of rotatable bonds is 9. The highest BCUT2D eigenvalue weighted by Gasteiger charge is 2.03. The molecule has 0 aliphatic carbocycles. The lowest BCUT2D eigenvalue weighted by Crippen LogP contribution is -2.10. The van der Waals surface area contributed by atoms with Crippen LogP contribution in [0.25, 0.3) is 0 Å². The zero-order valence-corrected chi connectivity index (χ0v) is 11.0. The summed E-state index contributed by atoms with van der Waals surface area (Å²) in [5.41, 5.74) is 6.64. The molecule has 0 saturated heterocycles. The number of benzene rings is 1. The fourth-order valence-corrected chi connectivity index (χ4v) is 1.64. The maximum absolute atomic E-state index is 8.47. The van der Waals surface area contributed by atoms with E-state index in [1.165, 1.54) is 0 Å². The minimum Gasteiger partial charge on any atom is -0.493 e. The molecule has 0 saturated carbocycles. The Morgan fingerprint density at radius 1 is 1.28 bits per heavy atom. The van der Waals surface area contributed by atoms with Gasteiger partial charge in [-0.2, -0.15) is 0 Å². The quantitative estimate of drug-likeness (QED) is 0.521. The van der Waals surface area contributed by atoms with Gasteiger partial charge in [0.2, 0.25) is 0 Å². The van der Waals surface area contributed by atoms with Crippen molar-refractivity contribution in [3.8, 4) is 5.75 Å². The van der Waals surface area contributed by atoms with Crippen molar-refractivity contribution in [3.63, 3.8) is 0 Å². The summed E-state index contributed by atoms with van der Waals surface area (Å²) in [6.07, 6.45) is 1.97. The first-order chi connectivity index (χ1) is 8.76. The van der Waals surface area contributed by atoms with Crippen LogP contribution in [-0.2, 0) is 11.3 Å². The number of hydrogen-bond donors (Lipinski definition) is 2. The Kier molecular flexibility index (Phi) is 7.41. The molecule has 0 heterocycles. The third-order valence-corrected chi connectivity index (χ3v) is 2.77. The van der Waals surface area contributed by atoms with Gasteiger partial charge in [-0.15, -0.1) is 0 Å². The van der Waals surface area contributed by atoms with E-state index in [4.69, 9.17) is 20.3 Å². The van der Waals surface area contributed by atoms with Gasteiger partial charge < -0.3 is 20.3 Å². The van der Waals surface area contributed by atoms with Crippen LogP contribution in [0, 0.1) is 5.92 Å². The number of nitrogens with two attached hydrogens (primary N) is 1. The fraction of sp³-hybridized carbons (Fsp3) is 0.571. The number of ether oxygens (including phenoxy) is 2. The van der Waals surface area contributed by atoms with Crippen LogP contribution in [0.1, 0.15) is 25.3 Å². The zero-order chi connectivity index (χ0) is 13.2. The SMILES string of the molecule is CC(CCCOCO)COc1ccc(CN)cc1. The van der Waals surface area contributed by atoms with E-state index in [1.54, 1.807) is 0 Å². The van der Waals surface area contributed by atoms with E-state index in [-0.39, 0.29) is 6.79 Å². The summed E-state index contributed by atoms with van der Waals surface area (Å²) in [5.74, 6) is 1.35. The molecule has 1 aromatic carbocycles. The Labute approximate surface area is 109 Å². The van der Waals surface area contributed by atoms with Gasteiger partial charge in [0.25, 0.3) is 0 Å². The molecule has 0 aliphatic rings. The van der Waals surface area contributed by atoms with Gasteiger partial charge in [-0.3, -0.25) is 0 Å². The zero-order valence-electron chi connectivity index (χ0n) is 11.0. The minimum atomic E-state index is -0.196. The first kappa shape index (κ1) is 15.0. The van der Waals surface area contributed by atoms with Gasteiger partial charge >= 0.3 is 0 Å². The molecule has 1 atom stereocenters. The van der Waals surface area contributed by atoms with Crippen molar-refractivity contribution in [2.45, 2.75) is 26.3 Å². The molecular weight excluding hydrogens is 230 g/mol. The Balaban J connectivity index is 2.18. The van der Waals surface area contributed by atoms with Crippen molar-refractivity contribution in [1.82, 2.24) is 0 Å². The molecule has 0 fully saturated rings. The average Bonchev–Trinajstić information content (AvgIpc) is 2.42. The highest BCUT2D eigenvalue weighted by Crippen LogP contribution is 2.14. The van der Waals surface area contributed by atoms with Gasteiger partial charge in [-0.05, 0) is 36.5 Å². The first-order valence-corrected chi connectivity index (χ1v) is 6.36. The van der Waals surface area contributed by atoms with Crippen LogP contribution < -0.4 is 10.5 Å². The maximum Gasteiger partial charge on any atom is 0.143 e. The summed E-state index contributed by atoms with van der Waals surface area (Å²) in [4.78, 5) is 0. The van der Waals surface area contributed by atoms with E-state index >= 15 is 0 Å². The summed E-state index contributed by atoms with van der Waals surface area (Å²) in [6, 6.07) is 7.86. The van der Waals surface area contributed by atoms with E-state index in [1.807, 2.05) is 24.3 Å². The third-order valence-electron chi connectivity index (χ3n) is 2.77. The topological polar surface area (TPSA) is 64.7 Å². The highest BCUT2D eigenvalue weighted by atomic mass is 16.6. The molecule has 0 aromatic heterocycles. The van der Waals surface area contributed by atoms with Gasteiger partial charge in [-0.25, -0.2) is 0 Å². The highest BCUT2D eigenvalue weighted by molar-refractivity contribution is 5.27. The van der Waals surface area contributed by atoms with Crippen molar-refractivity contribution in [3.05, 3.63) is 29.8 Å². The van der Waals surface area contributed by atoms with Gasteiger partial charge in [0.15, 0.2) is 0 Å². The predicted octanol–water partition coefficient (Wildman–Crippen LogP) is 1.91. The Hall–Kier alpha value is -1.10. The van der Waals surface area contributed by atoms with Crippen LogP contribution in [0.2, 0.25) is 0 Å². The van der Waals surface area contributed by atoms with Crippen LogP contribution in [0.5, 0.6) is 5.75 Å². The van der Waals surface area contributed by atoms with Gasteiger partial charge in [0.05, 0.1) is 6.61 Å². The Morgan fingerprint density at radius 2 is 2.00 bits per heavy atom. The third kappa shape index (κ3) is 6.00. The van der Waals surface area contributed by atoms with E-state index in [0.29, 0.717) is 25.7 Å². The molecule has 1 rings (SSSR count). The molecule has 0 bridgehead atoms. The number of aliphatic hydroxyl groups is 1. The van der Waals surface area contributed by atoms with Crippen molar-refractivity contribution >= 4 is 0 Å². The lowest BCUT2D eigenvalue weighted by Gasteiger charge is -2.13. The summed E-state index contributed by atoms with van der Waals surface area (Å²) >= 11 is 0. The van der Waals surface area contributed by atoms with Crippen molar-refractivity contribution in [2.75, 3.05) is 20.0 Å². The lowest BCUT2D eigenvalue weighted by atomic mass is 10.1. The maximum atomic E-state index is 8.47. The second-order valence-corrected chi connectivity index (χ2v) is 4.44. The van der Waals surface area contributed by atoms with Crippen LogP contribution in [0.15, 0.2) is 24.3 Å². The smallest absolute Gasteiger partial charge is 0.143 e. The lowest BCUT2D eigenvalue weighted by molar-refractivity contribution is -0.00405. The van der Waals surface area contributed by atoms with Crippen LogP contribution >= 0.6 is 0 Å². The van der Waals surface area contributed by atoms with E-state index in [9.17, 15) is 0 Å². The fourth-order valence-electron chi connectivity index (χ4n) is 1.64. The first-order valence-electron chi connectivity index (χ1n) is 6.36. The average molecular weight is 253 g/mol. The predicted molar refractivity (Wildman–Crippen MR) is 71.3 cm³/mol. The molecule has 3 N–H and O–H groups in total. The van der Waals surface area contributed by atoms with Crippen molar-refractivity contribution < 1.29 is 14.6 Å². The van der Waals surface area contributed by atoms with Crippen LogP contribution in [0.3, 0.4) is 0 Å². The van der Waals surface area contributed by atoms with Crippen molar-refractivity contribution in [2.24, 2.45) is 11.7 Å². The molecule has 18 heavy (non-hydrogen) atoms. The molecule has 0 amide bonds. The summed E-state index contributed by atoms with van der Waals surface area (Å²) in [6.45, 7) is 3.81. The molecule has 0 spiro atoms. The van der Waals surface area contributed by atoms with Crippen molar-refractivity contribution in [1.29, 1.82) is 0 Å². The Morgan fingerprint density at radius 3 is 2.61 bits per heavy atom. The van der Waals surface area contributed by atoms with Gasteiger partial charge in [0, 0.05) is 13.2 Å². The molecule has 0 radical (unpaired) electrons. The molecule has 102 valence electrons. The van der Waals surface area contributed by atoms with E-state index in [2.05, 4.69) is 6.92 Å². The second-order valence-electron chi connectivity index (χ2n) is 4.44. The van der Waals surface area contributed by atoms with Gasteiger partial charge in [-0.1, -0.05) is 19.1 Å². The molecule has 4 nitrogen and oxygen atoms in total. The van der Waals surface area contributed by atoms with E-state index < -0.39 is 0 Å². The molecule has 0 aliphatic heterocycles. The molecule has 1 unspecified atom stereocenters. The number of hydrogen-bond acceptors (Lipinski definition) is 4.